The Morgan fingerprint density at radius 1 is 0.842 bits per heavy atom. The zero-order valence-electron chi connectivity index (χ0n) is 11.4. The number of rotatable bonds is 4. The SMILES string of the molecule is C/C=C\C(=C/C)Nc1ccc(-c2ccccc2)cc1. The lowest BCUT2D eigenvalue weighted by Crippen LogP contribution is -1.95. The molecule has 0 saturated carbocycles. The van der Waals surface area contributed by atoms with Gasteiger partial charge in [0.2, 0.25) is 0 Å². The van der Waals surface area contributed by atoms with Crippen LogP contribution in [0.3, 0.4) is 0 Å². The monoisotopic (exact) mass is 249 g/mol. The molecule has 0 unspecified atom stereocenters. The number of nitrogens with one attached hydrogen (secondary N) is 1. The van der Waals surface area contributed by atoms with E-state index in [1.165, 1.54) is 11.1 Å². The standard InChI is InChI=1S/C18H19N/c1-3-8-17(4-2)19-18-13-11-16(12-14-18)15-9-6-5-7-10-15/h3-14,19H,1-2H3/b8-3-,17-4+. The molecule has 0 bridgehead atoms. The fraction of sp³-hybridized carbons (Fsp3) is 0.111. The van der Waals surface area contributed by atoms with Crippen molar-refractivity contribution in [3.8, 4) is 11.1 Å². The van der Waals surface area contributed by atoms with Crippen molar-refractivity contribution in [2.75, 3.05) is 5.32 Å². The highest BCUT2D eigenvalue weighted by molar-refractivity contribution is 5.66. The van der Waals surface area contributed by atoms with Crippen LogP contribution < -0.4 is 5.32 Å². The van der Waals surface area contributed by atoms with E-state index in [9.17, 15) is 0 Å². The van der Waals surface area contributed by atoms with E-state index in [1.54, 1.807) is 0 Å². The molecule has 0 aliphatic heterocycles. The van der Waals surface area contributed by atoms with E-state index >= 15 is 0 Å². The molecular weight excluding hydrogens is 230 g/mol. The smallest absolute Gasteiger partial charge is 0.0384 e. The lowest BCUT2D eigenvalue weighted by Gasteiger charge is -2.08. The van der Waals surface area contributed by atoms with Crippen LogP contribution in [0.15, 0.2) is 78.5 Å². The molecule has 0 aliphatic carbocycles. The summed E-state index contributed by atoms with van der Waals surface area (Å²) in [5.74, 6) is 0. The van der Waals surface area contributed by atoms with E-state index in [-0.39, 0.29) is 0 Å². The van der Waals surface area contributed by atoms with E-state index < -0.39 is 0 Å². The fourth-order valence-corrected chi connectivity index (χ4v) is 1.93. The summed E-state index contributed by atoms with van der Waals surface area (Å²) in [6.07, 6.45) is 6.15. The van der Waals surface area contributed by atoms with Gasteiger partial charge in [0, 0.05) is 11.4 Å². The third-order valence-electron chi connectivity index (χ3n) is 2.94. The molecule has 2 aromatic rings. The number of benzene rings is 2. The minimum Gasteiger partial charge on any atom is -0.356 e. The van der Waals surface area contributed by atoms with Crippen LogP contribution in [-0.2, 0) is 0 Å². The zero-order chi connectivity index (χ0) is 13.5. The lowest BCUT2D eigenvalue weighted by molar-refractivity contribution is 1.43. The number of anilines is 1. The van der Waals surface area contributed by atoms with Crippen LogP contribution in [0, 0.1) is 0 Å². The van der Waals surface area contributed by atoms with Crippen LogP contribution >= 0.6 is 0 Å². The highest BCUT2D eigenvalue weighted by Crippen LogP contribution is 2.21. The molecule has 1 nitrogen and oxygen atoms in total. The van der Waals surface area contributed by atoms with Gasteiger partial charge in [0.1, 0.15) is 0 Å². The van der Waals surface area contributed by atoms with Crippen molar-refractivity contribution in [3.63, 3.8) is 0 Å². The first kappa shape index (κ1) is 13.2. The van der Waals surface area contributed by atoms with Gasteiger partial charge in [-0.25, -0.2) is 0 Å². The average Bonchev–Trinajstić information content (AvgIpc) is 2.48. The van der Waals surface area contributed by atoms with Crippen LogP contribution in [0.2, 0.25) is 0 Å². The summed E-state index contributed by atoms with van der Waals surface area (Å²) < 4.78 is 0. The van der Waals surface area contributed by atoms with Gasteiger partial charge in [0.05, 0.1) is 0 Å². The molecular formula is C18H19N. The summed E-state index contributed by atoms with van der Waals surface area (Å²) in [6.45, 7) is 4.05. The van der Waals surface area contributed by atoms with Crippen molar-refractivity contribution in [2.45, 2.75) is 13.8 Å². The second-order valence-electron chi connectivity index (χ2n) is 4.31. The van der Waals surface area contributed by atoms with Crippen LogP contribution in [0.25, 0.3) is 11.1 Å². The van der Waals surface area contributed by atoms with Gasteiger partial charge in [0.15, 0.2) is 0 Å². The van der Waals surface area contributed by atoms with Crippen LogP contribution in [-0.4, -0.2) is 0 Å². The lowest BCUT2D eigenvalue weighted by atomic mass is 10.1. The Kier molecular flexibility index (Phi) is 4.57. The molecule has 96 valence electrons. The van der Waals surface area contributed by atoms with Crippen LogP contribution in [0.1, 0.15) is 13.8 Å². The highest BCUT2D eigenvalue weighted by atomic mass is 14.9. The maximum atomic E-state index is 3.38. The van der Waals surface area contributed by atoms with Gasteiger partial charge in [-0.3, -0.25) is 0 Å². The molecule has 0 heterocycles. The van der Waals surface area contributed by atoms with Gasteiger partial charge >= 0.3 is 0 Å². The second-order valence-corrected chi connectivity index (χ2v) is 4.31. The predicted octanol–water partition coefficient (Wildman–Crippen LogP) is 5.25. The van der Waals surface area contributed by atoms with Crippen molar-refractivity contribution in [1.29, 1.82) is 0 Å². The molecule has 2 rings (SSSR count). The Morgan fingerprint density at radius 3 is 2.05 bits per heavy atom. The maximum Gasteiger partial charge on any atom is 0.0384 e. The Hall–Kier alpha value is -2.28. The van der Waals surface area contributed by atoms with E-state index in [0.717, 1.165) is 11.4 Å². The largest absolute Gasteiger partial charge is 0.356 e. The molecule has 0 aromatic heterocycles. The first-order valence-electron chi connectivity index (χ1n) is 6.55. The first-order valence-corrected chi connectivity index (χ1v) is 6.55. The normalized spacial score (nSPS) is 11.8. The maximum absolute atomic E-state index is 3.38. The molecule has 1 N–H and O–H groups in total. The summed E-state index contributed by atoms with van der Waals surface area (Å²) in [5.41, 5.74) is 4.69. The minimum absolute atomic E-state index is 1.10. The van der Waals surface area contributed by atoms with Gasteiger partial charge in [-0.05, 0) is 43.2 Å². The number of hydrogen-bond donors (Lipinski definition) is 1. The van der Waals surface area contributed by atoms with E-state index in [1.807, 2.05) is 26.0 Å². The van der Waals surface area contributed by atoms with Crippen molar-refractivity contribution >= 4 is 5.69 Å². The quantitative estimate of drug-likeness (QED) is 0.730. The average molecular weight is 249 g/mol. The first-order chi connectivity index (χ1) is 9.33. The molecule has 0 amide bonds. The van der Waals surface area contributed by atoms with Gasteiger partial charge < -0.3 is 5.32 Å². The molecule has 1 heteroatoms. The molecule has 0 spiro atoms. The summed E-state index contributed by atoms with van der Waals surface area (Å²) in [4.78, 5) is 0. The van der Waals surface area contributed by atoms with Crippen molar-refractivity contribution in [3.05, 3.63) is 78.5 Å². The summed E-state index contributed by atoms with van der Waals surface area (Å²) >= 11 is 0. The fourth-order valence-electron chi connectivity index (χ4n) is 1.93. The molecule has 2 aromatic carbocycles. The minimum atomic E-state index is 1.10. The Labute approximate surface area is 115 Å². The summed E-state index contributed by atoms with van der Waals surface area (Å²) in [5, 5.41) is 3.38. The highest BCUT2D eigenvalue weighted by Gasteiger charge is 1.97. The van der Waals surface area contributed by atoms with Gasteiger partial charge in [-0.1, -0.05) is 54.6 Å². The molecule has 0 saturated heterocycles. The third-order valence-corrected chi connectivity index (χ3v) is 2.94. The Bertz CT molecular complexity index is 562. The van der Waals surface area contributed by atoms with E-state index in [4.69, 9.17) is 0 Å². The van der Waals surface area contributed by atoms with Gasteiger partial charge in [-0.2, -0.15) is 0 Å². The molecule has 0 radical (unpaired) electrons. The predicted molar refractivity (Wildman–Crippen MR) is 84.1 cm³/mol. The van der Waals surface area contributed by atoms with Crippen molar-refractivity contribution < 1.29 is 0 Å². The molecule has 0 fully saturated rings. The summed E-state index contributed by atoms with van der Waals surface area (Å²) in [6, 6.07) is 18.9. The topological polar surface area (TPSA) is 12.0 Å². The van der Waals surface area contributed by atoms with Crippen molar-refractivity contribution in [2.24, 2.45) is 0 Å². The van der Waals surface area contributed by atoms with Gasteiger partial charge in [-0.15, -0.1) is 0 Å². The van der Waals surface area contributed by atoms with E-state index in [2.05, 4.69) is 66.0 Å². The molecule has 19 heavy (non-hydrogen) atoms. The van der Waals surface area contributed by atoms with Crippen LogP contribution in [0.5, 0.6) is 0 Å². The van der Waals surface area contributed by atoms with Crippen molar-refractivity contribution in [1.82, 2.24) is 0 Å². The number of hydrogen-bond acceptors (Lipinski definition) is 1. The molecule has 0 atom stereocenters. The number of allylic oxidation sites excluding steroid dienone is 3. The van der Waals surface area contributed by atoms with Crippen LogP contribution in [0.4, 0.5) is 5.69 Å². The third kappa shape index (κ3) is 3.59. The molecule has 0 aliphatic rings. The Morgan fingerprint density at radius 2 is 1.47 bits per heavy atom. The zero-order valence-corrected chi connectivity index (χ0v) is 11.4. The second kappa shape index (κ2) is 6.60. The summed E-state index contributed by atoms with van der Waals surface area (Å²) in [7, 11) is 0. The Balaban J connectivity index is 2.15. The van der Waals surface area contributed by atoms with E-state index in [0.29, 0.717) is 0 Å². The van der Waals surface area contributed by atoms with Gasteiger partial charge in [0.25, 0.3) is 0 Å².